The van der Waals surface area contributed by atoms with Crippen molar-refractivity contribution in [2.75, 3.05) is 13.2 Å². The van der Waals surface area contributed by atoms with E-state index in [1.807, 2.05) is 37.3 Å². The maximum absolute atomic E-state index is 12.2. The van der Waals surface area contributed by atoms with E-state index >= 15 is 0 Å². The Kier molecular flexibility index (Phi) is 5.68. The summed E-state index contributed by atoms with van der Waals surface area (Å²) in [5.74, 6) is -0.901. The lowest BCUT2D eigenvalue weighted by molar-refractivity contribution is 0.0702. The van der Waals surface area contributed by atoms with Crippen molar-refractivity contribution in [2.45, 2.75) is 12.8 Å². The molecule has 0 saturated heterocycles. The molecule has 1 aliphatic rings. The maximum Gasteiger partial charge on any atom is 0.407 e. The molecular formula is C24H21NO4S. The van der Waals surface area contributed by atoms with E-state index in [4.69, 9.17) is 9.84 Å². The van der Waals surface area contributed by atoms with E-state index < -0.39 is 12.1 Å². The molecule has 1 aromatic heterocycles. The Morgan fingerprint density at radius 3 is 2.33 bits per heavy atom. The smallest absolute Gasteiger partial charge is 0.407 e. The molecule has 1 heterocycles. The first-order chi connectivity index (χ1) is 14.5. The average molecular weight is 420 g/mol. The largest absolute Gasteiger partial charge is 0.477 e. The molecule has 0 bridgehead atoms. The molecule has 1 amide bonds. The number of hydrogen-bond acceptors (Lipinski definition) is 4. The highest BCUT2D eigenvalue weighted by molar-refractivity contribution is 7.15. The summed E-state index contributed by atoms with van der Waals surface area (Å²) in [5, 5.41) is 11.8. The molecular weight excluding hydrogens is 398 g/mol. The third kappa shape index (κ3) is 4.00. The first-order valence-electron chi connectivity index (χ1n) is 9.63. The molecule has 0 aliphatic heterocycles. The van der Waals surface area contributed by atoms with Crippen LogP contribution in [0, 0.1) is 6.92 Å². The van der Waals surface area contributed by atoms with Crippen molar-refractivity contribution in [3.63, 3.8) is 0 Å². The second kappa shape index (κ2) is 8.55. The number of rotatable bonds is 6. The molecule has 0 atom stereocenters. The predicted molar refractivity (Wildman–Crippen MR) is 118 cm³/mol. The van der Waals surface area contributed by atoms with Crippen LogP contribution in [0.4, 0.5) is 4.79 Å². The number of alkyl carbamates (subject to hydrolysis) is 1. The third-order valence-corrected chi connectivity index (χ3v) is 6.33. The lowest BCUT2D eigenvalue weighted by atomic mass is 9.98. The average Bonchev–Trinajstić information content (AvgIpc) is 3.28. The molecule has 0 unspecified atom stereocenters. The maximum atomic E-state index is 12.2. The number of benzene rings is 2. The van der Waals surface area contributed by atoms with Gasteiger partial charge >= 0.3 is 12.1 Å². The summed E-state index contributed by atoms with van der Waals surface area (Å²) in [6, 6.07) is 18.1. The number of carbonyl (C=O) groups excluding carboxylic acids is 1. The van der Waals surface area contributed by atoms with Crippen LogP contribution in [0.1, 0.15) is 37.2 Å². The van der Waals surface area contributed by atoms with Crippen molar-refractivity contribution in [3.8, 4) is 11.1 Å². The van der Waals surface area contributed by atoms with Crippen LogP contribution in [0.2, 0.25) is 0 Å². The van der Waals surface area contributed by atoms with Gasteiger partial charge in [-0.2, -0.15) is 0 Å². The van der Waals surface area contributed by atoms with Gasteiger partial charge in [-0.1, -0.05) is 54.6 Å². The van der Waals surface area contributed by atoms with Gasteiger partial charge in [0.25, 0.3) is 0 Å². The number of fused-ring (bicyclic) bond motifs is 3. The van der Waals surface area contributed by atoms with Crippen molar-refractivity contribution in [2.24, 2.45) is 0 Å². The lowest BCUT2D eigenvalue weighted by Gasteiger charge is -2.14. The first-order valence-corrected chi connectivity index (χ1v) is 10.5. The standard InChI is InChI=1S/C24H21NO4S/c1-15-13-22(23(26)27)30-21(15)11-6-12-25-24(28)29-14-20-18-9-4-2-7-16(18)17-8-3-5-10-19(17)20/h2-11,13,20H,12,14H2,1H3,(H,25,28)(H,26,27). The Balaban J connectivity index is 1.33. The predicted octanol–water partition coefficient (Wildman–Crippen LogP) is 5.31. The van der Waals surface area contributed by atoms with Crippen LogP contribution in [-0.4, -0.2) is 30.3 Å². The normalized spacial score (nSPS) is 12.6. The third-order valence-electron chi connectivity index (χ3n) is 5.14. The van der Waals surface area contributed by atoms with E-state index in [0.717, 1.165) is 10.4 Å². The van der Waals surface area contributed by atoms with Gasteiger partial charge in [-0.3, -0.25) is 0 Å². The van der Waals surface area contributed by atoms with Gasteiger partial charge < -0.3 is 15.2 Å². The molecule has 0 fully saturated rings. The minimum absolute atomic E-state index is 0.0295. The number of nitrogens with one attached hydrogen (secondary N) is 1. The van der Waals surface area contributed by atoms with Gasteiger partial charge in [0.15, 0.2) is 0 Å². The minimum Gasteiger partial charge on any atom is -0.477 e. The Bertz CT molecular complexity index is 1090. The minimum atomic E-state index is -0.931. The van der Waals surface area contributed by atoms with Gasteiger partial charge in [0.05, 0.1) is 0 Å². The summed E-state index contributed by atoms with van der Waals surface area (Å²) in [7, 11) is 0. The van der Waals surface area contributed by atoms with Crippen LogP contribution in [-0.2, 0) is 4.74 Å². The molecule has 152 valence electrons. The van der Waals surface area contributed by atoms with Crippen LogP contribution in [0.3, 0.4) is 0 Å². The fourth-order valence-corrected chi connectivity index (χ4v) is 4.67. The van der Waals surface area contributed by atoms with Gasteiger partial charge in [-0.15, -0.1) is 11.3 Å². The Morgan fingerprint density at radius 1 is 1.10 bits per heavy atom. The summed E-state index contributed by atoms with van der Waals surface area (Å²) >= 11 is 1.21. The van der Waals surface area contributed by atoms with Gasteiger partial charge in [-0.25, -0.2) is 9.59 Å². The summed E-state index contributed by atoms with van der Waals surface area (Å²) in [6.45, 7) is 2.44. The van der Waals surface area contributed by atoms with Gasteiger partial charge in [-0.05, 0) is 46.9 Å². The number of aryl methyl sites for hydroxylation is 1. The van der Waals surface area contributed by atoms with E-state index in [9.17, 15) is 9.59 Å². The number of carboxylic acids is 1. The van der Waals surface area contributed by atoms with Crippen molar-refractivity contribution >= 4 is 29.5 Å². The molecule has 30 heavy (non-hydrogen) atoms. The van der Waals surface area contributed by atoms with Crippen LogP contribution in [0.25, 0.3) is 17.2 Å². The molecule has 5 nitrogen and oxygen atoms in total. The zero-order valence-corrected chi connectivity index (χ0v) is 17.2. The number of carbonyl (C=O) groups is 2. The molecule has 1 aliphatic carbocycles. The zero-order valence-electron chi connectivity index (χ0n) is 16.4. The summed E-state index contributed by atoms with van der Waals surface area (Å²) < 4.78 is 5.49. The Morgan fingerprint density at radius 2 is 1.73 bits per heavy atom. The van der Waals surface area contributed by atoms with Gasteiger partial charge in [0.1, 0.15) is 11.5 Å². The van der Waals surface area contributed by atoms with Gasteiger partial charge in [0.2, 0.25) is 0 Å². The van der Waals surface area contributed by atoms with E-state index in [0.29, 0.717) is 11.4 Å². The van der Waals surface area contributed by atoms with Crippen LogP contribution in [0.5, 0.6) is 0 Å². The zero-order chi connectivity index (χ0) is 21.1. The van der Waals surface area contributed by atoms with Crippen molar-refractivity contribution < 1.29 is 19.4 Å². The molecule has 0 saturated carbocycles. The summed E-state index contributed by atoms with van der Waals surface area (Å²) in [6.07, 6.45) is 3.12. The summed E-state index contributed by atoms with van der Waals surface area (Å²) in [4.78, 5) is 24.4. The molecule has 0 spiro atoms. The SMILES string of the molecule is Cc1cc(C(=O)O)sc1C=CCNC(=O)OCC1c2ccccc2-c2ccccc21. The quantitative estimate of drug-likeness (QED) is 0.568. The van der Waals surface area contributed by atoms with Crippen LogP contribution >= 0.6 is 11.3 Å². The molecule has 6 heteroatoms. The van der Waals surface area contributed by atoms with Crippen molar-refractivity contribution in [1.82, 2.24) is 5.32 Å². The first kappa shape index (κ1) is 19.9. The molecule has 2 aromatic carbocycles. The lowest BCUT2D eigenvalue weighted by Crippen LogP contribution is -2.26. The molecule has 3 aromatic rings. The highest BCUT2D eigenvalue weighted by Gasteiger charge is 2.28. The highest BCUT2D eigenvalue weighted by Crippen LogP contribution is 2.44. The van der Waals surface area contributed by atoms with E-state index in [1.54, 1.807) is 12.1 Å². The Labute approximate surface area is 178 Å². The number of hydrogen-bond donors (Lipinski definition) is 2. The molecule has 2 N–H and O–H groups in total. The monoisotopic (exact) mass is 419 g/mol. The summed E-state index contributed by atoms with van der Waals surface area (Å²) in [5.41, 5.74) is 5.63. The topological polar surface area (TPSA) is 75.6 Å². The van der Waals surface area contributed by atoms with Crippen LogP contribution in [0.15, 0.2) is 60.7 Å². The van der Waals surface area contributed by atoms with Crippen molar-refractivity contribution in [3.05, 3.63) is 87.1 Å². The van der Waals surface area contributed by atoms with Crippen LogP contribution < -0.4 is 5.32 Å². The number of thiophene rings is 1. The van der Waals surface area contributed by atoms with E-state index in [1.165, 1.54) is 33.6 Å². The number of amides is 1. The Hall–Kier alpha value is -3.38. The second-order valence-corrected chi connectivity index (χ2v) is 8.16. The number of ether oxygens (including phenoxy) is 1. The number of carboxylic acid groups (broad SMARTS) is 1. The van der Waals surface area contributed by atoms with E-state index in [-0.39, 0.29) is 12.5 Å². The number of aromatic carboxylic acids is 1. The van der Waals surface area contributed by atoms with E-state index in [2.05, 4.69) is 29.6 Å². The van der Waals surface area contributed by atoms with Gasteiger partial charge in [0, 0.05) is 17.3 Å². The fraction of sp³-hybridized carbons (Fsp3) is 0.167. The molecule has 0 radical (unpaired) electrons. The highest BCUT2D eigenvalue weighted by atomic mass is 32.1. The van der Waals surface area contributed by atoms with Crippen molar-refractivity contribution in [1.29, 1.82) is 0 Å². The molecule has 4 rings (SSSR count). The fourth-order valence-electron chi connectivity index (χ4n) is 3.72. The second-order valence-electron chi connectivity index (χ2n) is 7.07.